The Morgan fingerprint density at radius 1 is 1.02 bits per heavy atom. The fourth-order valence-electron chi connectivity index (χ4n) is 5.97. The molecule has 0 bridgehead atoms. The normalized spacial score (nSPS) is 22.8. The number of fused-ring (bicyclic) bond motifs is 4. The number of hydrogen-bond donors (Lipinski definition) is 3. The van der Waals surface area contributed by atoms with Crippen molar-refractivity contribution in [1.29, 1.82) is 0 Å². The molecule has 1 fully saturated rings. The van der Waals surface area contributed by atoms with Gasteiger partial charge in [-0.3, -0.25) is 4.79 Å². The van der Waals surface area contributed by atoms with Gasteiger partial charge in [-0.05, 0) is 66.4 Å². The van der Waals surface area contributed by atoms with Gasteiger partial charge in [0.25, 0.3) is 0 Å². The van der Waals surface area contributed by atoms with Crippen molar-refractivity contribution in [1.82, 2.24) is 4.90 Å². The van der Waals surface area contributed by atoms with Gasteiger partial charge >= 0.3 is 6.03 Å². The van der Waals surface area contributed by atoms with E-state index in [0.29, 0.717) is 42.4 Å². The number of benzene rings is 3. The van der Waals surface area contributed by atoms with E-state index in [-0.39, 0.29) is 43.1 Å². The molecule has 0 unspecified atom stereocenters. The van der Waals surface area contributed by atoms with Crippen molar-refractivity contribution in [2.24, 2.45) is 0 Å². The molecule has 4 atom stereocenters. The average molecular weight is 544 g/mol. The van der Waals surface area contributed by atoms with Crippen LogP contribution < -0.4 is 20.1 Å². The van der Waals surface area contributed by atoms with E-state index in [1.165, 1.54) is 11.1 Å². The molecule has 9 nitrogen and oxygen atoms in total. The third kappa shape index (κ3) is 5.35. The zero-order chi connectivity index (χ0) is 27.6. The molecular formula is C31H33N3O6. The summed E-state index contributed by atoms with van der Waals surface area (Å²) in [6, 6.07) is 20.5. The number of carbonyl (C=O) groups excluding carboxylic acids is 2. The van der Waals surface area contributed by atoms with Gasteiger partial charge in [-0.2, -0.15) is 0 Å². The smallest absolute Gasteiger partial charge is 0.323 e. The second-order valence-corrected chi connectivity index (χ2v) is 10.5. The van der Waals surface area contributed by atoms with Crippen LogP contribution in [0.5, 0.6) is 11.5 Å². The third-order valence-electron chi connectivity index (χ3n) is 7.99. The minimum absolute atomic E-state index is 0.0550. The lowest BCUT2D eigenvalue weighted by Crippen LogP contribution is -2.48. The van der Waals surface area contributed by atoms with Gasteiger partial charge in [-0.1, -0.05) is 24.3 Å². The maximum atomic E-state index is 13.3. The van der Waals surface area contributed by atoms with Crippen molar-refractivity contribution in [2.45, 2.75) is 50.0 Å². The molecule has 3 aliphatic heterocycles. The first kappa shape index (κ1) is 26.2. The first-order chi connectivity index (χ1) is 19.5. The number of amides is 3. The number of hydrogen-bond acceptors (Lipinski definition) is 6. The number of aliphatic hydroxyl groups is 1. The fourth-order valence-corrected chi connectivity index (χ4v) is 5.97. The lowest BCUT2D eigenvalue weighted by molar-refractivity contribution is -0.149. The lowest BCUT2D eigenvalue weighted by atomic mass is 9.84. The summed E-state index contributed by atoms with van der Waals surface area (Å²) < 4.78 is 17.5. The molecular weight excluding hydrogens is 510 g/mol. The lowest BCUT2D eigenvalue weighted by Gasteiger charge is -2.38. The van der Waals surface area contributed by atoms with E-state index >= 15 is 0 Å². The van der Waals surface area contributed by atoms with Crippen LogP contribution in [0, 0.1) is 0 Å². The van der Waals surface area contributed by atoms with Crippen molar-refractivity contribution < 1.29 is 28.9 Å². The molecule has 6 rings (SSSR count). The molecule has 0 saturated carbocycles. The third-order valence-corrected chi connectivity index (χ3v) is 7.99. The Kier molecular flexibility index (Phi) is 7.32. The molecule has 3 amide bonds. The number of ether oxygens (including phenoxy) is 3. The maximum absolute atomic E-state index is 13.3. The Morgan fingerprint density at radius 2 is 1.77 bits per heavy atom. The molecule has 1 saturated heterocycles. The highest BCUT2D eigenvalue weighted by Crippen LogP contribution is 2.47. The van der Waals surface area contributed by atoms with Crippen LogP contribution in [0.3, 0.4) is 0 Å². The zero-order valence-corrected chi connectivity index (χ0v) is 22.3. The number of methoxy groups -OCH3 is 1. The van der Waals surface area contributed by atoms with Gasteiger partial charge in [-0.25, -0.2) is 4.79 Å². The number of nitrogens with zero attached hydrogens (tertiary/aromatic N) is 1. The molecule has 0 aliphatic carbocycles. The van der Waals surface area contributed by atoms with Gasteiger partial charge in [0.05, 0.1) is 26.2 Å². The fraction of sp³-hybridized carbons (Fsp3) is 0.355. The van der Waals surface area contributed by atoms with E-state index in [2.05, 4.69) is 22.8 Å². The van der Waals surface area contributed by atoms with Gasteiger partial charge < -0.3 is 34.9 Å². The van der Waals surface area contributed by atoms with Crippen LogP contribution in [0.15, 0.2) is 66.7 Å². The summed E-state index contributed by atoms with van der Waals surface area (Å²) in [6.45, 7) is 1.10. The summed E-state index contributed by atoms with van der Waals surface area (Å²) in [5.41, 5.74) is 4.70. The SMILES string of the molecule is COc1ccc(NC(=O)Nc2ccc3c(c2)[C@@H]2C[C@@H](CC(=O)N4CCc5ccccc5C4)O[C@H](CO)[C@@H]2O3)cc1. The maximum Gasteiger partial charge on any atom is 0.323 e. The van der Waals surface area contributed by atoms with Crippen LogP contribution in [-0.4, -0.2) is 60.5 Å². The standard InChI is InChI=1S/C31H33N3O6/c1-38-23-9-6-21(7-10-23)32-31(37)33-22-8-11-27-25(14-22)26-15-24(39-28(18-35)30(26)40-27)16-29(36)34-13-12-19-4-2-3-5-20(19)17-34/h2-11,14,24,26,28,30,35H,12-13,15-18H2,1H3,(H2,32,33,37)/t24-,26-,28+,30+/m0/s1. The average Bonchev–Trinajstić information content (AvgIpc) is 3.34. The Balaban J connectivity index is 1.12. The van der Waals surface area contributed by atoms with E-state index in [1.54, 1.807) is 37.4 Å². The van der Waals surface area contributed by atoms with Crippen LogP contribution in [0.1, 0.15) is 35.4 Å². The molecule has 3 N–H and O–H groups in total. The quantitative estimate of drug-likeness (QED) is 0.428. The molecule has 3 heterocycles. The van der Waals surface area contributed by atoms with Crippen molar-refractivity contribution in [3.63, 3.8) is 0 Å². The van der Waals surface area contributed by atoms with Crippen molar-refractivity contribution in [3.8, 4) is 11.5 Å². The minimum Gasteiger partial charge on any atom is -0.497 e. The van der Waals surface area contributed by atoms with Crippen molar-refractivity contribution in [3.05, 3.63) is 83.4 Å². The Labute approximate surface area is 233 Å². The summed E-state index contributed by atoms with van der Waals surface area (Å²) in [4.78, 5) is 27.8. The highest BCUT2D eigenvalue weighted by molar-refractivity contribution is 5.99. The number of urea groups is 1. The Bertz CT molecular complexity index is 1390. The number of anilines is 2. The van der Waals surface area contributed by atoms with Crippen molar-refractivity contribution in [2.75, 3.05) is 30.9 Å². The van der Waals surface area contributed by atoms with E-state index in [1.807, 2.05) is 29.2 Å². The van der Waals surface area contributed by atoms with Gasteiger partial charge in [0, 0.05) is 35.9 Å². The predicted octanol–water partition coefficient (Wildman–Crippen LogP) is 4.31. The first-order valence-corrected chi connectivity index (χ1v) is 13.6. The van der Waals surface area contributed by atoms with Crippen molar-refractivity contribution >= 4 is 23.3 Å². The topological polar surface area (TPSA) is 109 Å². The number of carbonyl (C=O) groups is 2. The molecule has 3 aliphatic rings. The summed E-state index contributed by atoms with van der Waals surface area (Å²) in [5, 5.41) is 15.8. The summed E-state index contributed by atoms with van der Waals surface area (Å²) >= 11 is 0. The van der Waals surface area contributed by atoms with Crippen LogP contribution in [0.25, 0.3) is 0 Å². The van der Waals surface area contributed by atoms with E-state index in [9.17, 15) is 14.7 Å². The molecule has 0 spiro atoms. The second-order valence-electron chi connectivity index (χ2n) is 10.5. The van der Waals surface area contributed by atoms with E-state index in [0.717, 1.165) is 12.0 Å². The van der Waals surface area contributed by atoms with Gasteiger partial charge in [0.15, 0.2) is 0 Å². The molecule has 0 aromatic heterocycles. The summed E-state index contributed by atoms with van der Waals surface area (Å²) in [6.07, 6.45) is 0.455. The zero-order valence-electron chi connectivity index (χ0n) is 22.3. The highest BCUT2D eigenvalue weighted by atomic mass is 16.6. The predicted molar refractivity (Wildman–Crippen MR) is 150 cm³/mol. The molecule has 0 radical (unpaired) electrons. The van der Waals surface area contributed by atoms with Crippen LogP contribution in [0.4, 0.5) is 16.2 Å². The first-order valence-electron chi connectivity index (χ1n) is 13.6. The van der Waals surface area contributed by atoms with Gasteiger partial charge in [-0.15, -0.1) is 0 Å². The Morgan fingerprint density at radius 3 is 2.55 bits per heavy atom. The van der Waals surface area contributed by atoms with Crippen LogP contribution >= 0.6 is 0 Å². The van der Waals surface area contributed by atoms with Crippen LogP contribution in [-0.2, 0) is 22.5 Å². The monoisotopic (exact) mass is 543 g/mol. The number of rotatable bonds is 6. The molecule has 40 heavy (non-hydrogen) atoms. The molecule has 3 aromatic carbocycles. The summed E-state index contributed by atoms with van der Waals surface area (Å²) in [5.74, 6) is 1.41. The van der Waals surface area contributed by atoms with Gasteiger partial charge in [0.2, 0.25) is 5.91 Å². The highest BCUT2D eigenvalue weighted by Gasteiger charge is 2.46. The van der Waals surface area contributed by atoms with E-state index in [4.69, 9.17) is 14.2 Å². The van der Waals surface area contributed by atoms with E-state index < -0.39 is 6.10 Å². The number of aliphatic hydroxyl groups excluding tert-OH is 1. The summed E-state index contributed by atoms with van der Waals surface area (Å²) in [7, 11) is 1.59. The second kappa shape index (κ2) is 11.2. The molecule has 9 heteroatoms. The molecule has 208 valence electrons. The minimum atomic E-state index is -0.541. The number of nitrogens with one attached hydrogen (secondary N) is 2. The molecule has 3 aromatic rings. The largest absolute Gasteiger partial charge is 0.497 e. The van der Waals surface area contributed by atoms with Crippen LogP contribution in [0.2, 0.25) is 0 Å². The van der Waals surface area contributed by atoms with Gasteiger partial charge in [0.1, 0.15) is 23.7 Å². The Hall–Kier alpha value is -4.08.